The Hall–Kier alpha value is -2.23. The van der Waals surface area contributed by atoms with Crippen LogP contribution in [0.3, 0.4) is 0 Å². The minimum atomic E-state index is -3.52. The first kappa shape index (κ1) is 22.1. The number of esters is 1. The number of carbonyl (C=O) groups excluding carboxylic acids is 2. The van der Waals surface area contributed by atoms with Crippen molar-refractivity contribution in [3.05, 3.63) is 64.7 Å². The molecule has 150 valence electrons. The predicted octanol–water partition coefficient (Wildman–Crippen LogP) is 4.02. The fraction of sp³-hybridized carbons (Fsp3) is 0.364. The summed E-state index contributed by atoms with van der Waals surface area (Å²) in [5.41, 5.74) is 2.70. The van der Waals surface area contributed by atoms with E-state index in [1.54, 1.807) is 30.3 Å². The van der Waals surface area contributed by atoms with Crippen molar-refractivity contribution in [1.82, 2.24) is 0 Å². The summed E-state index contributed by atoms with van der Waals surface area (Å²) < 4.78 is 23.9. The first-order valence-corrected chi connectivity index (χ1v) is 11.1. The summed E-state index contributed by atoms with van der Waals surface area (Å²) in [4.78, 5) is 25.5. The maximum Gasteiger partial charge on any atom is 0.306 e. The molecule has 28 heavy (non-hydrogen) atoms. The molecule has 0 aliphatic rings. The van der Waals surface area contributed by atoms with Crippen molar-refractivity contribution in [3.8, 4) is 0 Å². The molecular weight excluding hydrogens is 375 g/mol. The van der Waals surface area contributed by atoms with E-state index in [9.17, 15) is 14.2 Å². The zero-order chi connectivity index (χ0) is 20.7. The lowest BCUT2D eigenvalue weighted by atomic mass is 10.0. The number of methoxy groups -OCH3 is 1. The summed E-state index contributed by atoms with van der Waals surface area (Å²) in [7, 11) is -2.00. The second kappa shape index (κ2) is 9.81. The highest BCUT2D eigenvalue weighted by Crippen LogP contribution is 2.49. The maximum atomic E-state index is 14.0. The van der Waals surface area contributed by atoms with Crippen molar-refractivity contribution in [2.45, 2.75) is 27.2 Å². The number of aryl methyl sites for hydroxylation is 3. The summed E-state index contributed by atoms with van der Waals surface area (Å²) >= 11 is 0. The van der Waals surface area contributed by atoms with Gasteiger partial charge in [0, 0.05) is 24.1 Å². The molecule has 0 aliphatic carbocycles. The van der Waals surface area contributed by atoms with Crippen LogP contribution < -0.4 is 5.30 Å². The van der Waals surface area contributed by atoms with Crippen LogP contribution in [0.5, 0.6) is 0 Å². The van der Waals surface area contributed by atoms with E-state index in [0.717, 1.165) is 16.7 Å². The van der Waals surface area contributed by atoms with Gasteiger partial charge in [-0.2, -0.15) is 0 Å². The van der Waals surface area contributed by atoms with Crippen LogP contribution >= 0.6 is 7.14 Å². The highest BCUT2D eigenvalue weighted by molar-refractivity contribution is 7.87. The normalized spacial score (nSPS) is 13.0. The third-order valence-corrected chi connectivity index (χ3v) is 7.44. The van der Waals surface area contributed by atoms with Crippen LogP contribution in [-0.2, 0) is 18.8 Å². The Balaban J connectivity index is 2.36. The molecule has 0 heterocycles. The summed E-state index contributed by atoms with van der Waals surface area (Å²) in [6.45, 7) is 6.09. The topological polar surface area (TPSA) is 69.7 Å². The Kier molecular flexibility index (Phi) is 7.73. The molecule has 1 unspecified atom stereocenters. The quantitative estimate of drug-likeness (QED) is 0.360. The highest BCUT2D eigenvalue weighted by atomic mass is 31.2. The molecule has 2 rings (SSSR count). The van der Waals surface area contributed by atoms with Crippen LogP contribution in [0.1, 0.15) is 33.5 Å². The van der Waals surface area contributed by atoms with Crippen molar-refractivity contribution in [2.24, 2.45) is 0 Å². The molecule has 0 saturated heterocycles. The summed E-state index contributed by atoms with van der Waals surface area (Å²) in [5, 5.41) is 0.462. The Labute approximate surface area is 166 Å². The van der Waals surface area contributed by atoms with E-state index in [-0.39, 0.29) is 19.2 Å². The largest absolute Gasteiger partial charge is 0.463 e. The standard InChI is InChI=1S/C22H27O5P/c1-16-14-17(2)21(18(3)15-16)22(24)28(25,19-8-6-5-7-9-19)13-10-20(23)27-12-11-26-4/h5-9,14-15H,10-13H2,1-4H3. The van der Waals surface area contributed by atoms with Gasteiger partial charge in [-0.15, -0.1) is 0 Å². The average molecular weight is 402 g/mol. The number of ether oxygens (including phenoxy) is 2. The third kappa shape index (κ3) is 5.18. The zero-order valence-corrected chi connectivity index (χ0v) is 17.8. The number of rotatable bonds is 9. The predicted molar refractivity (Wildman–Crippen MR) is 111 cm³/mol. The van der Waals surface area contributed by atoms with Crippen molar-refractivity contribution in [3.63, 3.8) is 0 Å². The number of hydrogen-bond acceptors (Lipinski definition) is 5. The second-order valence-corrected chi connectivity index (χ2v) is 9.69. The molecule has 0 bridgehead atoms. The molecule has 2 aromatic rings. The van der Waals surface area contributed by atoms with Crippen molar-refractivity contribution < 1.29 is 23.6 Å². The first-order valence-electron chi connectivity index (χ1n) is 9.21. The van der Waals surface area contributed by atoms with Crippen LogP contribution in [-0.4, -0.2) is 38.0 Å². The SMILES string of the molecule is COCCOC(=O)CCP(=O)(C(=O)c1c(C)cc(C)cc1C)c1ccccc1. The monoisotopic (exact) mass is 402 g/mol. The molecule has 6 heteroatoms. The highest BCUT2D eigenvalue weighted by Gasteiger charge is 2.36. The minimum Gasteiger partial charge on any atom is -0.463 e. The fourth-order valence-electron chi connectivity index (χ4n) is 3.27. The van der Waals surface area contributed by atoms with Gasteiger partial charge in [0.1, 0.15) is 6.61 Å². The maximum absolute atomic E-state index is 14.0. The molecule has 0 spiro atoms. The lowest BCUT2D eigenvalue weighted by Gasteiger charge is -2.20. The van der Waals surface area contributed by atoms with Crippen LogP contribution in [0.15, 0.2) is 42.5 Å². The molecule has 0 radical (unpaired) electrons. The number of hydrogen-bond donors (Lipinski definition) is 0. The molecular formula is C22H27O5P. The van der Waals surface area contributed by atoms with Crippen molar-refractivity contribution >= 4 is 23.9 Å². The summed E-state index contributed by atoms with van der Waals surface area (Å²) in [6.07, 6.45) is -0.153. The van der Waals surface area contributed by atoms with Crippen LogP contribution in [0.4, 0.5) is 0 Å². The van der Waals surface area contributed by atoms with Gasteiger partial charge < -0.3 is 14.0 Å². The average Bonchev–Trinajstić information content (AvgIpc) is 2.66. The molecule has 2 aromatic carbocycles. The van der Waals surface area contributed by atoms with Crippen LogP contribution in [0.25, 0.3) is 0 Å². The van der Waals surface area contributed by atoms with Gasteiger partial charge in [-0.25, -0.2) is 0 Å². The second-order valence-electron chi connectivity index (χ2n) is 6.84. The molecule has 0 N–H and O–H groups in total. The van der Waals surface area contributed by atoms with E-state index < -0.39 is 18.6 Å². The molecule has 0 aromatic heterocycles. The van der Waals surface area contributed by atoms with E-state index in [4.69, 9.17) is 9.47 Å². The lowest BCUT2D eigenvalue weighted by Crippen LogP contribution is -2.20. The molecule has 0 fully saturated rings. The molecule has 1 atom stereocenters. The first-order chi connectivity index (χ1) is 13.3. The van der Waals surface area contributed by atoms with Gasteiger partial charge in [-0.05, 0) is 31.9 Å². The number of carbonyl (C=O) groups is 2. The summed E-state index contributed by atoms with van der Waals surface area (Å²) in [5.74, 6) is -0.488. The number of benzene rings is 2. The zero-order valence-electron chi connectivity index (χ0n) is 16.9. The van der Waals surface area contributed by atoms with E-state index in [0.29, 0.717) is 17.5 Å². The Bertz CT molecular complexity index is 866. The Morgan fingerprint density at radius 1 is 0.964 bits per heavy atom. The molecule has 0 aliphatic heterocycles. The van der Waals surface area contributed by atoms with E-state index in [1.165, 1.54) is 7.11 Å². The van der Waals surface area contributed by atoms with Gasteiger partial charge in [0.25, 0.3) is 0 Å². The molecule has 5 nitrogen and oxygen atoms in total. The minimum absolute atomic E-state index is 0.0611. The Morgan fingerprint density at radius 2 is 1.57 bits per heavy atom. The van der Waals surface area contributed by atoms with Crippen molar-refractivity contribution in [1.29, 1.82) is 0 Å². The lowest BCUT2D eigenvalue weighted by molar-refractivity contribution is -0.144. The molecule has 0 saturated carbocycles. The fourth-order valence-corrected chi connectivity index (χ4v) is 5.84. The van der Waals surface area contributed by atoms with Gasteiger partial charge in [-0.3, -0.25) is 9.59 Å². The summed E-state index contributed by atoms with van der Waals surface area (Å²) in [6, 6.07) is 12.5. The van der Waals surface area contributed by atoms with Gasteiger partial charge >= 0.3 is 5.97 Å². The van der Waals surface area contributed by atoms with Gasteiger partial charge in [0.05, 0.1) is 13.0 Å². The van der Waals surface area contributed by atoms with E-state index in [1.807, 2.05) is 32.9 Å². The van der Waals surface area contributed by atoms with Crippen LogP contribution in [0.2, 0.25) is 0 Å². The van der Waals surface area contributed by atoms with Crippen molar-refractivity contribution in [2.75, 3.05) is 26.5 Å². The molecule has 0 amide bonds. The van der Waals surface area contributed by atoms with Crippen LogP contribution in [0, 0.1) is 20.8 Å². The van der Waals surface area contributed by atoms with Gasteiger partial charge in [-0.1, -0.05) is 48.0 Å². The smallest absolute Gasteiger partial charge is 0.306 e. The third-order valence-electron chi connectivity index (χ3n) is 4.57. The van der Waals surface area contributed by atoms with E-state index in [2.05, 4.69) is 0 Å². The van der Waals surface area contributed by atoms with E-state index >= 15 is 0 Å². The van der Waals surface area contributed by atoms with Gasteiger partial charge in [0.2, 0.25) is 5.52 Å². The Morgan fingerprint density at radius 3 is 2.14 bits per heavy atom. The van der Waals surface area contributed by atoms with Gasteiger partial charge in [0.15, 0.2) is 7.14 Å².